The number of nitriles is 1. The Morgan fingerprint density at radius 3 is 2.88 bits per heavy atom. The maximum absolute atomic E-state index is 12.2. The van der Waals surface area contributed by atoms with Crippen LogP contribution in [0.25, 0.3) is 0 Å². The van der Waals surface area contributed by atoms with Crippen LogP contribution in [0, 0.1) is 17.2 Å². The van der Waals surface area contributed by atoms with Crippen LogP contribution >= 0.6 is 0 Å². The molecule has 1 saturated heterocycles. The summed E-state index contributed by atoms with van der Waals surface area (Å²) in [6.45, 7) is 7.89. The molecule has 0 bridgehead atoms. The summed E-state index contributed by atoms with van der Waals surface area (Å²) >= 11 is 0. The van der Waals surface area contributed by atoms with Gasteiger partial charge in [-0.25, -0.2) is 0 Å². The molecule has 2 unspecified atom stereocenters. The van der Waals surface area contributed by atoms with Crippen LogP contribution in [-0.4, -0.2) is 36.0 Å². The minimum atomic E-state index is -0.311. The SMILES string of the molecule is CC(C)CN1C(=O)C(CC#N)NCCC1C. The highest BCUT2D eigenvalue weighted by atomic mass is 16.2. The Balaban J connectivity index is 2.76. The summed E-state index contributed by atoms with van der Waals surface area (Å²) in [5.74, 6) is 0.549. The molecule has 0 aromatic heterocycles. The van der Waals surface area contributed by atoms with Gasteiger partial charge in [0.2, 0.25) is 5.91 Å². The highest BCUT2D eigenvalue weighted by molar-refractivity contribution is 5.82. The van der Waals surface area contributed by atoms with Crippen molar-refractivity contribution in [3.05, 3.63) is 0 Å². The number of nitrogens with one attached hydrogen (secondary N) is 1. The van der Waals surface area contributed by atoms with Gasteiger partial charge in [0.05, 0.1) is 18.5 Å². The molecule has 0 aromatic carbocycles. The lowest BCUT2D eigenvalue weighted by Crippen LogP contribution is -2.47. The molecule has 1 heterocycles. The van der Waals surface area contributed by atoms with Crippen LogP contribution in [0.15, 0.2) is 0 Å². The molecule has 0 aromatic rings. The van der Waals surface area contributed by atoms with Gasteiger partial charge in [-0.15, -0.1) is 0 Å². The summed E-state index contributed by atoms with van der Waals surface area (Å²) in [6.07, 6.45) is 1.22. The average molecular weight is 223 g/mol. The lowest BCUT2D eigenvalue weighted by molar-refractivity contribution is -0.134. The van der Waals surface area contributed by atoms with Gasteiger partial charge >= 0.3 is 0 Å². The van der Waals surface area contributed by atoms with E-state index >= 15 is 0 Å². The lowest BCUT2D eigenvalue weighted by atomic mass is 10.1. The van der Waals surface area contributed by atoms with Crippen LogP contribution in [0.1, 0.15) is 33.6 Å². The largest absolute Gasteiger partial charge is 0.338 e. The van der Waals surface area contributed by atoms with E-state index in [1.165, 1.54) is 0 Å². The standard InChI is InChI=1S/C12H21N3O/c1-9(2)8-15-10(3)5-7-14-11(4-6-13)12(15)16/h9-11,14H,4-5,7-8H2,1-3H3. The molecule has 2 atom stereocenters. The summed E-state index contributed by atoms with van der Waals surface area (Å²) in [6, 6.07) is 2.03. The van der Waals surface area contributed by atoms with Crippen molar-refractivity contribution < 1.29 is 4.79 Å². The zero-order valence-electron chi connectivity index (χ0n) is 10.4. The van der Waals surface area contributed by atoms with Gasteiger partial charge in [-0.1, -0.05) is 13.8 Å². The normalized spacial score (nSPS) is 26.7. The Morgan fingerprint density at radius 2 is 2.31 bits per heavy atom. The fraction of sp³-hybridized carbons (Fsp3) is 0.833. The van der Waals surface area contributed by atoms with Crippen molar-refractivity contribution in [1.29, 1.82) is 5.26 Å². The Morgan fingerprint density at radius 1 is 1.62 bits per heavy atom. The van der Waals surface area contributed by atoms with Gasteiger partial charge in [0.25, 0.3) is 0 Å². The predicted octanol–water partition coefficient (Wildman–Crippen LogP) is 1.14. The van der Waals surface area contributed by atoms with Crippen molar-refractivity contribution in [1.82, 2.24) is 10.2 Å². The van der Waals surface area contributed by atoms with Gasteiger partial charge in [-0.3, -0.25) is 4.79 Å². The molecular formula is C12H21N3O. The van der Waals surface area contributed by atoms with Gasteiger partial charge in [0, 0.05) is 12.6 Å². The predicted molar refractivity (Wildman–Crippen MR) is 62.7 cm³/mol. The molecule has 1 fully saturated rings. The van der Waals surface area contributed by atoms with E-state index in [4.69, 9.17) is 5.26 Å². The molecule has 1 rings (SSSR count). The minimum absolute atomic E-state index is 0.0836. The van der Waals surface area contributed by atoms with Crippen LogP contribution in [0.2, 0.25) is 0 Å². The first-order valence-corrected chi connectivity index (χ1v) is 5.97. The van der Waals surface area contributed by atoms with E-state index in [-0.39, 0.29) is 24.4 Å². The number of hydrogen-bond acceptors (Lipinski definition) is 3. The molecule has 1 aliphatic heterocycles. The Kier molecular flexibility index (Phi) is 4.75. The summed E-state index contributed by atoms with van der Waals surface area (Å²) < 4.78 is 0. The quantitative estimate of drug-likeness (QED) is 0.780. The lowest BCUT2D eigenvalue weighted by Gasteiger charge is -2.30. The summed E-state index contributed by atoms with van der Waals surface area (Å²) in [5.41, 5.74) is 0. The highest BCUT2D eigenvalue weighted by Crippen LogP contribution is 2.14. The second-order valence-corrected chi connectivity index (χ2v) is 4.89. The molecule has 1 aliphatic rings. The average Bonchev–Trinajstić information content (AvgIpc) is 2.33. The molecule has 0 radical (unpaired) electrons. The second kappa shape index (κ2) is 5.86. The fourth-order valence-corrected chi connectivity index (χ4v) is 2.04. The van der Waals surface area contributed by atoms with E-state index in [2.05, 4.69) is 32.2 Å². The van der Waals surface area contributed by atoms with E-state index in [0.717, 1.165) is 19.5 Å². The number of amides is 1. The van der Waals surface area contributed by atoms with Gasteiger partial charge in [0.1, 0.15) is 0 Å². The number of rotatable bonds is 3. The summed E-state index contributed by atoms with van der Waals surface area (Å²) in [5, 5.41) is 11.9. The molecule has 0 spiro atoms. The van der Waals surface area contributed by atoms with Gasteiger partial charge in [0.15, 0.2) is 0 Å². The second-order valence-electron chi connectivity index (χ2n) is 4.89. The van der Waals surface area contributed by atoms with Crippen molar-refractivity contribution in [2.45, 2.75) is 45.7 Å². The first-order chi connectivity index (χ1) is 7.56. The van der Waals surface area contributed by atoms with Crippen molar-refractivity contribution >= 4 is 5.91 Å². The topological polar surface area (TPSA) is 56.1 Å². The molecular weight excluding hydrogens is 202 g/mol. The van der Waals surface area contributed by atoms with Gasteiger partial charge in [-0.05, 0) is 25.8 Å². The third kappa shape index (κ3) is 3.21. The molecule has 0 saturated carbocycles. The fourth-order valence-electron chi connectivity index (χ4n) is 2.04. The zero-order chi connectivity index (χ0) is 12.1. The van der Waals surface area contributed by atoms with E-state index in [9.17, 15) is 4.79 Å². The third-order valence-corrected chi connectivity index (χ3v) is 2.92. The van der Waals surface area contributed by atoms with Crippen molar-refractivity contribution in [2.24, 2.45) is 5.92 Å². The summed E-state index contributed by atoms with van der Waals surface area (Å²) in [4.78, 5) is 14.1. The molecule has 4 heteroatoms. The number of carbonyl (C=O) groups is 1. The maximum atomic E-state index is 12.2. The zero-order valence-corrected chi connectivity index (χ0v) is 10.4. The molecule has 1 amide bonds. The van der Waals surface area contributed by atoms with Crippen LogP contribution in [0.4, 0.5) is 0 Å². The maximum Gasteiger partial charge on any atom is 0.241 e. The van der Waals surface area contributed by atoms with Gasteiger partial charge in [-0.2, -0.15) is 5.26 Å². The van der Waals surface area contributed by atoms with Crippen LogP contribution in [0.5, 0.6) is 0 Å². The van der Waals surface area contributed by atoms with E-state index < -0.39 is 0 Å². The smallest absolute Gasteiger partial charge is 0.241 e. The monoisotopic (exact) mass is 223 g/mol. The Labute approximate surface area is 97.6 Å². The van der Waals surface area contributed by atoms with Crippen molar-refractivity contribution in [2.75, 3.05) is 13.1 Å². The van der Waals surface area contributed by atoms with E-state index in [1.54, 1.807) is 0 Å². The summed E-state index contributed by atoms with van der Waals surface area (Å²) in [7, 11) is 0. The Hall–Kier alpha value is -1.08. The van der Waals surface area contributed by atoms with E-state index in [0.29, 0.717) is 5.92 Å². The molecule has 1 N–H and O–H groups in total. The van der Waals surface area contributed by atoms with Crippen molar-refractivity contribution in [3.8, 4) is 6.07 Å². The number of hydrogen-bond donors (Lipinski definition) is 1. The van der Waals surface area contributed by atoms with Crippen LogP contribution < -0.4 is 5.32 Å². The molecule has 4 nitrogen and oxygen atoms in total. The molecule has 16 heavy (non-hydrogen) atoms. The van der Waals surface area contributed by atoms with Gasteiger partial charge < -0.3 is 10.2 Å². The first-order valence-electron chi connectivity index (χ1n) is 5.97. The van der Waals surface area contributed by atoms with Crippen molar-refractivity contribution in [3.63, 3.8) is 0 Å². The molecule has 0 aliphatic carbocycles. The minimum Gasteiger partial charge on any atom is -0.338 e. The Bertz CT molecular complexity index is 282. The highest BCUT2D eigenvalue weighted by Gasteiger charge is 2.30. The van der Waals surface area contributed by atoms with Crippen LogP contribution in [0.3, 0.4) is 0 Å². The van der Waals surface area contributed by atoms with E-state index in [1.807, 2.05) is 4.90 Å². The number of carbonyl (C=O) groups excluding carboxylic acids is 1. The van der Waals surface area contributed by atoms with Crippen LogP contribution in [-0.2, 0) is 4.79 Å². The number of nitrogens with zero attached hydrogens (tertiary/aromatic N) is 2. The first kappa shape index (κ1) is 13.0. The molecule has 90 valence electrons. The third-order valence-electron chi connectivity index (χ3n) is 2.92.